The number of likely N-dealkylation sites (tertiary alicyclic amines) is 1. The van der Waals surface area contributed by atoms with Crippen LogP contribution in [0, 0.1) is 33.6 Å². The lowest BCUT2D eigenvalue weighted by Gasteiger charge is -2.28. The van der Waals surface area contributed by atoms with Gasteiger partial charge in [-0.15, -0.1) is 0 Å². The summed E-state index contributed by atoms with van der Waals surface area (Å²) in [5.41, 5.74) is 10.0. The van der Waals surface area contributed by atoms with E-state index in [-0.39, 0.29) is 0 Å². The van der Waals surface area contributed by atoms with E-state index in [0.29, 0.717) is 0 Å². The summed E-state index contributed by atoms with van der Waals surface area (Å²) in [6.45, 7) is 14.8. The number of hydrogen-bond donors (Lipinski definition) is 0. The highest BCUT2D eigenvalue weighted by Crippen LogP contribution is 2.40. The first-order valence-electron chi connectivity index (χ1n) is 13.5. The normalized spacial score (nSPS) is 16.6. The fourth-order valence-electron chi connectivity index (χ4n) is 6.25. The Morgan fingerprint density at radius 2 is 1.66 bits per heavy atom. The van der Waals surface area contributed by atoms with E-state index in [4.69, 9.17) is 4.98 Å². The smallest absolute Gasteiger partial charge is 0.147 e. The predicted octanol–water partition coefficient (Wildman–Crippen LogP) is 6.72. The average molecular weight is 467 g/mol. The lowest BCUT2D eigenvalue weighted by Crippen LogP contribution is -2.35. The first kappa shape index (κ1) is 22.6. The van der Waals surface area contributed by atoms with E-state index in [9.17, 15) is 0 Å². The Hall–Kier alpha value is -2.85. The molecule has 4 nitrogen and oxygen atoms in total. The summed E-state index contributed by atoms with van der Waals surface area (Å²) >= 11 is 0. The summed E-state index contributed by atoms with van der Waals surface area (Å²) in [4.78, 5) is 10.5. The van der Waals surface area contributed by atoms with Crippen molar-refractivity contribution in [3.05, 3.63) is 64.8 Å². The molecule has 0 unspecified atom stereocenters. The van der Waals surface area contributed by atoms with Crippen molar-refractivity contribution >= 4 is 27.6 Å². The van der Waals surface area contributed by atoms with E-state index in [1.807, 2.05) is 0 Å². The van der Waals surface area contributed by atoms with E-state index < -0.39 is 0 Å². The molecule has 1 saturated heterocycles. The van der Waals surface area contributed by atoms with E-state index in [0.717, 1.165) is 36.9 Å². The molecule has 4 aromatic rings. The SMILES string of the molecule is Cc1cc(C)c(-n2c3ccccc3c3c(N(CCN4CCCC4)CC4CC4)cc(C)nc32)c(C)c1. The maximum absolute atomic E-state index is 5.20. The second-order valence-corrected chi connectivity index (χ2v) is 11.0. The molecule has 0 spiro atoms. The molecule has 35 heavy (non-hydrogen) atoms. The third kappa shape index (κ3) is 4.23. The summed E-state index contributed by atoms with van der Waals surface area (Å²) in [6, 6.07) is 15.9. The third-order valence-corrected chi connectivity index (χ3v) is 7.99. The average Bonchev–Trinajstić information content (AvgIpc) is 3.38. The number of aromatic nitrogens is 2. The molecule has 3 heterocycles. The zero-order valence-electron chi connectivity index (χ0n) is 21.8. The van der Waals surface area contributed by atoms with Gasteiger partial charge >= 0.3 is 0 Å². The monoisotopic (exact) mass is 466 g/mol. The Morgan fingerprint density at radius 1 is 0.943 bits per heavy atom. The largest absolute Gasteiger partial charge is 0.369 e. The molecule has 6 rings (SSSR count). The first-order valence-corrected chi connectivity index (χ1v) is 13.5. The molecule has 0 bridgehead atoms. The van der Waals surface area contributed by atoms with Crippen LogP contribution in [0.3, 0.4) is 0 Å². The molecule has 182 valence electrons. The number of anilines is 1. The van der Waals surface area contributed by atoms with Gasteiger partial charge in [-0.1, -0.05) is 35.9 Å². The van der Waals surface area contributed by atoms with Crippen molar-refractivity contribution in [3.8, 4) is 5.69 Å². The number of benzene rings is 2. The van der Waals surface area contributed by atoms with Gasteiger partial charge in [0.1, 0.15) is 5.65 Å². The van der Waals surface area contributed by atoms with E-state index >= 15 is 0 Å². The molecule has 4 heteroatoms. The number of rotatable bonds is 7. The van der Waals surface area contributed by atoms with Gasteiger partial charge in [-0.25, -0.2) is 4.98 Å². The molecule has 2 fully saturated rings. The van der Waals surface area contributed by atoms with Gasteiger partial charge in [-0.05, 0) is 95.6 Å². The maximum Gasteiger partial charge on any atom is 0.147 e. The molecule has 0 radical (unpaired) electrons. The number of nitrogens with zero attached hydrogens (tertiary/aromatic N) is 4. The number of pyridine rings is 1. The highest BCUT2D eigenvalue weighted by molar-refractivity contribution is 6.14. The van der Waals surface area contributed by atoms with Crippen molar-refractivity contribution in [2.24, 2.45) is 5.92 Å². The van der Waals surface area contributed by atoms with Crippen LogP contribution in [0.4, 0.5) is 5.69 Å². The van der Waals surface area contributed by atoms with Crippen LogP contribution in [0.1, 0.15) is 48.1 Å². The Morgan fingerprint density at radius 3 is 2.37 bits per heavy atom. The van der Waals surface area contributed by atoms with Crippen LogP contribution in [0.15, 0.2) is 42.5 Å². The molecule has 1 saturated carbocycles. The van der Waals surface area contributed by atoms with Crippen molar-refractivity contribution < 1.29 is 0 Å². The molecule has 1 aliphatic carbocycles. The first-order chi connectivity index (χ1) is 17.0. The summed E-state index contributed by atoms with van der Waals surface area (Å²) in [7, 11) is 0. The van der Waals surface area contributed by atoms with Crippen LogP contribution >= 0.6 is 0 Å². The van der Waals surface area contributed by atoms with Gasteiger partial charge in [0.2, 0.25) is 0 Å². The van der Waals surface area contributed by atoms with Crippen LogP contribution < -0.4 is 4.90 Å². The lowest BCUT2D eigenvalue weighted by molar-refractivity contribution is 0.344. The van der Waals surface area contributed by atoms with Crippen LogP contribution in [0.25, 0.3) is 27.6 Å². The molecule has 2 aliphatic rings. The molecule has 1 aliphatic heterocycles. The predicted molar refractivity (Wildman–Crippen MR) is 148 cm³/mol. The number of hydrogen-bond acceptors (Lipinski definition) is 3. The van der Waals surface area contributed by atoms with Crippen molar-refractivity contribution in [1.82, 2.24) is 14.5 Å². The number of fused-ring (bicyclic) bond motifs is 3. The van der Waals surface area contributed by atoms with Gasteiger partial charge in [-0.3, -0.25) is 4.57 Å². The quantitative estimate of drug-likeness (QED) is 0.302. The summed E-state index contributed by atoms with van der Waals surface area (Å²) in [6.07, 6.45) is 5.45. The van der Waals surface area contributed by atoms with Crippen molar-refractivity contribution in [2.75, 3.05) is 37.6 Å². The van der Waals surface area contributed by atoms with Crippen LogP contribution in [-0.4, -0.2) is 47.2 Å². The van der Waals surface area contributed by atoms with Gasteiger partial charge in [-0.2, -0.15) is 0 Å². The van der Waals surface area contributed by atoms with Crippen LogP contribution in [-0.2, 0) is 0 Å². The molecular weight excluding hydrogens is 428 g/mol. The zero-order valence-corrected chi connectivity index (χ0v) is 21.8. The van der Waals surface area contributed by atoms with Gasteiger partial charge in [0.15, 0.2) is 0 Å². The summed E-state index contributed by atoms with van der Waals surface area (Å²) in [5.74, 6) is 0.840. The molecule has 0 amide bonds. The Balaban J connectivity index is 1.57. The van der Waals surface area contributed by atoms with E-state index in [2.05, 4.69) is 84.5 Å². The van der Waals surface area contributed by atoms with Gasteiger partial charge in [0.25, 0.3) is 0 Å². The van der Waals surface area contributed by atoms with E-state index in [1.54, 1.807) is 0 Å². The minimum atomic E-state index is 0.840. The fraction of sp³-hybridized carbons (Fsp3) is 0.452. The second kappa shape index (κ2) is 8.98. The highest BCUT2D eigenvalue weighted by Gasteiger charge is 2.28. The fourth-order valence-corrected chi connectivity index (χ4v) is 6.25. The maximum atomic E-state index is 5.20. The third-order valence-electron chi connectivity index (χ3n) is 7.99. The van der Waals surface area contributed by atoms with E-state index in [1.165, 1.54) is 83.1 Å². The van der Waals surface area contributed by atoms with Crippen LogP contribution in [0.5, 0.6) is 0 Å². The van der Waals surface area contributed by atoms with Crippen molar-refractivity contribution in [3.63, 3.8) is 0 Å². The minimum Gasteiger partial charge on any atom is -0.369 e. The Kier molecular flexibility index (Phi) is 5.80. The van der Waals surface area contributed by atoms with Crippen molar-refractivity contribution in [2.45, 2.75) is 53.4 Å². The zero-order chi connectivity index (χ0) is 24.1. The van der Waals surface area contributed by atoms with Gasteiger partial charge in [0, 0.05) is 30.7 Å². The Labute approximate surface area is 209 Å². The van der Waals surface area contributed by atoms with Crippen molar-refractivity contribution in [1.29, 1.82) is 0 Å². The standard InChI is InChI=1S/C31H38N4/c1-21-17-22(2)30(23(3)18-21)35-27-10-6-5-9-26(27)29-28(19-24(4)32-31(29)35)34(20-25-11-12-25)16-15-33-13-7-8-14-33/h5-6,9-10,17-19,25H,7-8,11-16,20H2,1-4H3. The van der Waals surface area contributed by atoms with Crippen LogP contribution in [0.2, 0.25) is 0 Å². The Bertz CT molecular complexity index is 1370. The topological polar surface area (TPSA) is 24.3 Å². The number of aryl methyl sites for hydroxylation is 4. The molecule has 0 atom stereocenters. The molecular formula is C31H38N4. The molecule has 0 N–H and O–H groups in total. The number of para-hydroxylation sites is 1. The molecule has 2 aromatic carbocycles. The lowest BCUT2D eigenvalue weighted by atomic mass is 10.0. The summed E-state index contributed by atoms with van der Waals surface area (Å²) in [5, 5.41) is 2.62. The van der Waals surface area contributed by atoms with Gasteiger partial charge in [0.05, 0.1) is 22.3 Å². The van der Waals surface area contributed by atoms with Gasteiger partial charge < -0.3 is 9.80 Å². The highest BCUT2D eigenvalue weighted by atomic mass is 15.2. The summed E-state index contributed by atoms with van der Waals surface area (Å²) < 4.78 is 2.43. The second-order valence-electron chi connectivity index (χ2n) is 11.0. The minimum absolute atomic E-state index is 0.840. The molecule has 2 aromatic heterocycles.